The highest BCUT2D eigenvalue weighted by atomic mass is 16.5. The molecule has 0 aliphatic carbocycles. The monoisotopic (exact) mass is 234 g/mol. The van der Waals surface area contributed by atoms with Crippen molar-refractivity contribution in [2.75, 3.05) is 13.2 Å². The molecule has 0 aliphatic rings. The third kappa shape index (κ3) is 2.46. The van der Waals surface area contributed by atoms with Crippen molar-refractivity contribution in [2.24, 2.45) is 5.73 Å². The number of aromatic amines is 1. The average Bonchev–Trinajstić information content (AvgIpc) is 2.38. The number of H-pyrrole nitrogens is 1. The second-order valence-corrected chi connectivity index (χ2v) is 3.73. The summed E-state index contributed by atoms with van der Waals surface area (Å²) < 4.78 is 5.43. The quantitative estimate of drug-likeness (QED) is 0.706. The molecule has 5 heteroatoms. The van der Waals surface area contributed by atoms with Crippen LogP contribution in [-0.4, -0.2) is 29.3 Å². The van der Waals surface area contributed by atoms with Crippen molar-refractivity contribution in [1.82, 2.24) is 4.98 Å². The molecule has 0 saturated carbocycles. The molecular weight excluding hydrogens is 220 g/mol. The van der Waals surface area contributed by atoms with E-state index in [4.69, 9.17) is 10.5 Å². The molecular formula is C12H14N2O3. The van der Waals surface area contributed by atoms with Gasteiger partial charge in [-0.1, -0.05) is 18.2 Å². The van der Waals surface area contributed by atoms with E-state index in [1.807, 2.05) is 6.07 Å². The van der Waals surface area contributed by atoms with Crippen molar-refractivity contribution in [3.8, 4) is 5.75 Å². The first-order valence-electron chi connectivity index (χ1n) is 5.33. The highest BCUT2D eigenvalue weighted by Gasteiger charge is 2.07. The minimum atomic E-state index is -0.708. The van der Waals surface area contributed by atoms with Gasteiger partial charge in [0.2, 0.25) is 0 Å². The van der Waals surface area contributed by atoms with E-state index in [1.54, 1.807) is 18.2 Å². The van der Waals surface area contributed by atoms with Gasteiger partial charge in [0.25, 0.3) is 5.56 Å². The van der Waals surface area contributed by atoms with Gasteiger partial charge in [0.05, 0.1) is 5.39 Å². The second kappa shape index (κ2) is 4.99. The molecule has 1 aromatic carbocycles. The fourth-order valence-corrected chi connectivity index (χ4v) is 1.56. The van der Waals surface area contributed by atoms with Crippen molar-refractivity contribution in [1.29, 1.82) is 0 Å². The number of nitrogens with two attached hydrogens (primary N) is 1. The number of fused-ring (bicyclic) bond motifs is 1. The van der Waals surface area contributed by atoms with Crippen molar-refractivity contribution < 1.29 is 9.84 Å². The zero-order valence-corrected chi connectivity index (χ0v) is 9.22. The van der Waals surface area contributed by atoms with E-state index in [0.29, 0.717) is 11.1 Å². The normalized spacial score (nSPS) is 12.6. The van der Waals surface area contributed by atoms with Gasteiger partial charge in [0.1, 0.15) is 18.5 Å². The van der Waals surface area contributed by atoms with Crippen LogP contribution in [0, 0.1) is 0 Å². The summed E-state index contributed by atoms with van der Waals surface area (Å²) in [6, 6.07) is 7.14. The van der Waals surface area contributed by atoms with Gasteiger partial charge in [0.15, 0.2) is 0 Å². The molecule has 1 atom stereocenters. The van der Waals surface area contributed by atoms with E-state index >= 15 is 0 Å². The summed E-state index contributed by atoms with van der Waals surface area (Å²) in [6.07, 6.45) is 0.786. The molecule has 1 unspecified atom stereocenters. The van der Waals surface area contributed by atoms with Gasteiger partial charge in [-0.3, -0.25) is 4.79 Å². The molecule has 5 nitrogen and oxygen atoms in total. The van der Waals surface area contributed by atoms with Gasteiger partial charge in [-0.25, -0.2) is 0 Å². The summed E-state index contributed by atoms with van der Waals surface area (Å²) >= 11 is 0. The lowest BCUT2D eigenvalue weighted by molar-refractivity contribution is 0.115. The van der Waals surface area contributed by atoms with Gasteiger partial charge >= 0.3 is 0 Å². The fraction of sp³-hybridized carbons (Fsp3) is 0.250. The Bertz CT molecular complexity index is 565. The van der Waals surface area contributed by atoms with Crippen LogP contribution in [0.2, 0.25) is 0 Å². The smallest absolute Gasteiger partial charge is 0.256 e. The Hall–Kier alpha value is -1.85. The maximum atomic E-state index is 11.5. The number of rotatable bonds is 4. The van der Waals surface area contributed by atoms with E-state index in [9.17, 15) is 9.90 Å². The van der Waals surface area contributed by atoms with E-state index < -0.39 is 6.10 Å². The SMILES string of the molecule is NCC(O)COc1c[nH]c(=O)c2ccccc12. The molecule has 1 aromatic heterocycles. The van der Waals surface area contributed by atoms with Gasteiger partial charge in [0, 0.05) is 18.1 Å². The van der Waals surface area contributed by atoms with Gasteiger partial charge < -0.3 is 20.6 Å². The highest BCUT2D eigenvalue weighted by Crippen LogP contribution is 2.21. The van der Waals surface area contributed by atoms with Gasteiger partial charge in [-0.05, 0) is 6.07 Å². The van der Waals surface area contributed by atoms with Crippen molar-refractivity contribution in [2.45, 2.75) is 6.10 Å². The molecule has 4 N–H and O–H groups in total. The lowest BCUT2D eigenvalue weighted by atomic mass is 10.1. The standard InChI is InChI=1S/C12H14N2O3/c13-5-8(15)7-17-11-6-14-12(16)10-4-2-1-3-9(10)11/h1-4,6,8,15H,5,7,13H2,(H,14,16). The van der Waals surface area contributed by atoms with Crippen molar-refractivity contribution in [3.05, 3.63) is 40.8 Å². The number of pyridine rings is 1. The minimum absolute atomic E-state index is 0.104. The summed E-state index contributed by atoms with van der Waals surface area (Å²) in [5.74, 6) is 0.535. The molecule has 0 saturated heterocycles. The van der Waals surface area contributed by atoms with E-state index in [0.717, 1.165) is 5.39 Å². The zero-order chi connectivity index (χ0) is 12.3. The summed E-state index contributed by atoms with van der Waals surface area (Å²) in [7, 11) is 0. The largest absolute Gasteiger partial charge is 0.489 e. The Labute approximate surface area is 97.8 Å². The van der Waals surface area contributed by atoms with E-state index in [1.165, 1.54) is 6.20 Å². The van der Waals surface area contributed by atoms with Crippen LogP contribution in [-0.2, 0) is 0 Å². The third-order valence-corrected chi connectivity index (χ3v) is 2.47. The summed E-state index contributed by atoms with van der Waals surface area (Å²) in [5, 5.41) is 10.6. The Morgan fingerprint density at radius 1 is 1.35 bits per heavy atom. The second-order valence-electron chi connectivity index (χ2n) is 3.73. The van der Waals surface area contributed by atoms with Gasteiger partial charge in [-0.2, -0.15) is 0 Å². The lowest BCUT2D eigenvalue weighted by Gasteiger charge is -2.11. The Kier molecular flexibility index (Phi) is 3.41. The number of aliphatic hydroxyl groups is 1. The van der Waals surface area contributed by atoms with Crippen molar-refractivity contribution in [3.63, 3.8) is 0 Å². The number of ether oxygens (including phenoxy) is 1. The fourth-order valence-electron chi connectivity index (χ4n) is 1.56. The molecule has 2 rings (SSSR count). The molecule has 0 spiro atoms. The predicted octanol–water partition coefficient (Wildman–Crippen LogP) is 0.226. The van der Waals surface area contributed by atoms with Crippen LogP contribution < -0.4 is 16.0 Å². The van der Waals surface area contributed by atoms with Crippen LogP contribution in [0.25, 0.3) is 10.8 Å². The molecule has 0 bridgehead atoms. The zero-order valence-electron chi connectivity index (χ0n) is 9.22. The topological polar surface area (TPSA) is 88.3 Å². The average molecular weight is 234 g/mol. The molecule has 90 valence electrons. The Morgan fingerprint density at radius 3 is 2.76 bits per heavy atom. The first kappa shape index (κ1) is 11.6. The predicted molar refractivity (Wildman–Crippen MR) is 65.1 cm³/mol. The number of nitrogens with one attached hydrogen (secondary N) is 1. The maximum Gasteiger partial charge on any atom is 0.256 e. The minimum Gasteiger partial charge on any atom is -0.489 e. The molecule has 0 aliphatic heterocycles. The summed E-state index contributed by atoms with van der Waals surface area (Å²) in [6.45, 7) is 0.244. The van der Waals surface area contributed by atoms with Gasteiger partial charge in [-0.15, -0.1) is 0 Å². The molecule has 17 heavy (non-hydrogen) atoms. The van der Waals surface area contributed by atoms with E-state index in [2.05, 4.69) is 4.98 Å². The first-order valence-corrected chi connectivity index (χ1v) is 5.33. The number of aromatic nitrogens is 1. The number of hydrogen-bond donors (Lipinski definition) is 3. The molecule has 0 fully saturated rings. The number of hydrogen-bond acceptors (Lipinski definition) is 4. The van der Waals surface area contributed by atoms with Crippen LogP contribution >= 0.6 is 0 Å². The number of aliphatic hydroxyl groups excluding tert-OH is 1. The third-order valence-electron chi connectivity index (χ3n) is 2.47. The van der Waals surface area contributed by atoms with Crippen LogP contribution in [0.15, 0.2) is 35.3 Å². The molecule has 0 radical (unpaired) electrons. The van der Waals surface area contributed by atoms with Crippen LogP contribution in [0.5, 0.6) is 5.75 Å². The first-order chi connectivity index (χ1) is 8.22. The number of benzene rings is 1. The van der Waals surface area contributed by atoms with Crippen LogP contribution in [0.1, 0.15) is 0 Å². The molecule has 2 aromatic rings. The van der Waals surface area contributed by atoms with Crippen LogP contribution in [0.4, 0.5) is 0 Å². The molecule has 0 amide bonds. The Balaban J connectivity index is 2.35. The van der Waals surface area contributed by atoms with Crippen LogP contribution in [0.3, 0.4) is 0 Å². The maximum absolute atomic E-state index is 11.5. The van der Waals surface area contributed by atoms with Crippen molar-refractivity contribution >= 4 is 10.8 Å². The van der Waals surface area contributed by atoms with E-state index in [-0.39, 0.29) is 18.7 Å². The highest BCUT2D eigenvalue weighted by molar-refractivity contribution is 5.86. The Morgan fingerprint density at radius 2 is 2.06 bits per heavy atom. The summed E-state index contributed by atoms with van der Waals surface area (Å²) in [4.78, 5) is 14.1. The molecule has 1 heterocycles. The lowest BCUT2D eigenvalue weighted by Crippen LogP contribution is -2.26. The summed E-state index contributed by atoms with van der Waals surface area (Å²) in [5.41, 5.74) is 5.13.